The number of hydrogen-bond acceptors (Lipinski definition) is 10. The Balaban J connectivity index is 1.80. The van der Waals surface area contributed by atoms with Gasteiger partial charge in [-0.05, 0) is 55.8 Å². The Hall–Kier alpha value is -4.72. The van der Waals surface area contributed by atoms with Crippen LogP contribution in [0.25, 0.3) is 0 Å². The van der Waals surface area contributed by atoms with Crippen LogP contribution in [0.2, 0.25) is 0 Å². The number of carboxylic acid groups (broad SMARTS) is 1. The van der Waals surface area contributed by atoms with E-state index in [9.17, 15) is 27.5 Å². The number of nitrogens with zero attached hydrogens (tertiary/aromatic N) is 4. The Morgan fingerprint density at radius 3 is 2.30 bits per heavy atom. The number of rotatable bonds is 14. The molecule has 1 unspecified atom stereocenters. The molecule has 3 rings (SSSR count). The highest BCUT2D eigenvalue weighted by Gasteiger charge is 2.22. The zero-order valence-corrected chi connectivity index (χ0v) is 25.1. The third-order valence-electron chi connectivity index (χ3n) is 6.19. The van der Waals surface area contributed by atoms with Crippen LogP contribution in [0.15, 0.2) is 71.1 Å². The molecule has 0 fully saturated rings. The van der Waals surface area contributed by atoms with Crippen LogP contribution in [-0.4, -0.2) is 80.2 Å². The Bertz CT molecular complexity index is 1530. The number of halogens is 1. The zero-order valence-electron chi connectivity index (χ0n) is 24.3. The number of nitrogens with one attached hydrogen (secondary N) is 2. The molecule has 14 heteroatoms. The minimum absolute atomic E-state index is 0.0485. The second kappa shape index (κ2) is 15.0. The number of ether oxygens (including phenoxy) is 1. The normalized spacial score (nSPS) is 12.0. The summed E-state index contributed by atoms with van der Waals surface area (Å²) in [5.74, 6) is -0.732. The van der Waals surface area contributed by atoms with Crippen LogP contribution in [0.3, 0.4) is 0 Å². The van der Waals surface area contributed by atoms with Gasteiger partial charge in [0.05, 0.1) is 16.8 Å². The summed E-state index contributed by atoms with van der Waals surface area (Å²) in [5, 5.41) is 17.0. The standard InChI is InChI=1S/C29H35FN6O6S/c1-5-36(6-2)28-32-19-25(31-16-7-17-43(40,41)23-14-10-21(30)11-15-23)26(34-28)33-24(27(37)38)18-20-8-12-22(13-9-20)42-29(39)35(3)4/h7-15,17,19,24,31H,5-6,16,18H2,1-4H3,(H,37,38)(H,32,33,34). The van der Waals surface area contributed by atoms with Crippen molar-refractivity contribution in [3.8, 4) is 5.75 Å². The maximum absolute atomic E-state index is 13.2. The lowest BCUT2D eigenvalue weighted by Crippen LogP contribution is -2.33. The van der Waals surface area contributed by atoms with E-state index < -0.39 is 33.8 Å². The van der Waals surface area contributed by atoms with Crippen molar-refractivity contribution in [2.75, 3.05) is 49.3 Å². The molecule has 230 valence electrons. The van der Waals surface area contributed by atoms with E-state index >= 15 is 0 Å². The van der Waals surface area contributed by atoms with Gasteiger partial charge < -0.3 is 30.3 Å². The maximum atomic E-state index is 13.2. The van der Waals surface area contributed by atoms with Crippen molar-refractivity contribution in [3.05, 3.63) is 77.6 Å². The molecular weight excluding hydrogens is 579 g/mol. The quantitative estimate of drug-likeness (QED) is 0.226. The molecule has 0 aliphatic carbocycles. The molecule has 3 aromatic rings. The van der Waals surface area contributed by atoms with Gasteiger partial charge in [-0.25, -0.2) is 27.4 Å². The lowest BCUT2D eigenvalue weighted by molar-refractivity contribution is -0.137. The van der Waals surface area contributed by atoms with Gasteiger partial charge in [-0.15, -0.1) is 0 Å². The van der Waals surface area contributed by atoms with Crippen molar-refractivity contribution in [1.82, 2.24) is 14.9 Å². The summed E-state index contributed by atoms with van der Waals surface area (Å²) in [6.07, 6.45) is 2.42. The van der Waals surface area contributed by atoms with Crippen molar-refractivity contribution in [3.63, 3.8) is 0 Å². The summed E-state index contributed by atoms with van der Waals surface area (Å²) < 4.78 is 43.5. The first-order valence-electron chi connectivity index (χ1n) is 13.4. The second-order valence-electron chi connectivity index (χ2n) is 9.50. The predicted octanol–water partition coefficient (Wildman–Crippen LogP) is 4.03. The lowest BCUT2D eigenvalue weighted by Gasteiger charge is -2.22. The molecule has 12 nitrogen and oxygen atoms in total. The number of carbonyl (C=O) groups is 2. The van der Waals surface area contributed by atoms with Crippen LogP contribution >= 0.6 is 0 Å². The number of amides is 1. The molecule has 0 aliphatic rings. The molecular formula is C29H35FN6O6S. The number of benzene rings is 2. The van der Waals surface area contributed by atoms with E-state index in [0.29, 0.717) is 36.0 Å². The fourth-order valence-electron chi connectivity index (χ4n) is 3.80. The lowest BCUT2D eigenvalue weighted by atomic mass is 10.1. The Morgan fingerprint density at radius 1 is 1.07 bits per heavy atom. The summed E-state index contributed by atoms with van der Waals surface area (Å²) >= 11 is 0. The number of carboxylic acids is 1. The van der Waals surface area contributed by atoms with Gasteiger partial charge in [-0.3, -0.25) is 0 Å². The van der Waals surface area contributed by atoms with Gasteiger partial charge in [-0.2, -0.15) is 4.98 Å². The van der Waals surface area contributed by atoms with E-state index in [0.717, 1.165) is 17.5 Å². The molecule has 1 aromatic heterocycles. The molecule has 3 N–H and O–H groups in total. The van der Waals surface area contributed by atoms with Crippen LogP contribution in [0.4, 0.5) is 26.6 Å². The summed E-state index contributed by atoms with van der Waals surface area (Å²) in [5.41, 5.74) is 1.03. The third kappa shape index (κ3) is 9.39. The van der Waals surface area contributed by atoms with Gasteiger partial charge in [0, 0.05) is 45.6 Å². The molecule has 0 radical (unpaired) electrons. The third-order valence-corrected chi connectivity index (χ3v) is 7.67. The van der Waals surface area contributed by atoms with Gasteiger partial charge in [0.2, 0.25) is 5.95 Å². The number of hydrogen-bond donors (Lipinski definition) is 3. The molecule has 2 aromatic carbocycles. The number of anilines is 3. The highest BCUT2D eigenvalue weighted by molar-refractivity contribution is 7.94. The fraction of sp³-hybridized carbons (Fsp3) is 0.310. The molecule has 0 spiro atoms. The van der Waals surface area contributed by atoms with Crippen LogP contribution < -0.4 is 20.3 Å². The summed E-state index contributed by atoms with van der Waals surface area (Å²) in [7, 11) is -0.667. The van der Waals surface area contributed by atoms with Gasteiger partial charge >= 0.3 is 12.1 Å². The van der Waals surface area contributed by atoms with Crippen LogP contribution in [-0.2, 0) is 21.1 Å². The van der Waals surface area contributed by atoms with Gasteiger partial charge in [-0.1, -0.05) is 18.2 Å². The monoisotopic (exact) mass is 614 g/mol. The molecule has 0 saturated carbocycles. The minimum Gasteiger partial charge on any atom is -0.480 e. The van der Waals surface area contributed by atoms with Crippen LogP contribution in [0, 0.1) is 5.82 Å². The molecule has 1 heterocycles. The fourth-order valence-corrected chi connectivity index (χ4v) is 4.83. The highest BCUT2D eigenvalue weighted by Crippen LogP contribution is 2.24. The van der Waals surface area contributed by atoms with E-state index in [4.69, 9.17) is 4.74 Å². The molecule has 0 bridgehead atoms. The van der Waals surface area contributed by atoms with Crippen LogP contribution in [0.5, 0.6) is 5.75 Å². The first-order valence-corrected chi connectivity index (χ1v) is 15.0. The van der Waals surface area contributed by atoms with Crippen molar-refractivity contribution in [1.29, 1.82) is 0 Å². The van der Waals surface area contributed by atoms with Gasteiger partial charge in [0.25, 0.3) is 0 Å². The Labute approximate surface area is 250 Å². The SMILES string of the molecule is CCN(CC)c1ncc(NCC=CS(=O)(=O)c2ccc(F)cc2)c(NC(Cc2ccc(OC(=O)N(C)C)cc2)C(=O)O)n1. The maximum Gasteiger partial charge on any atom is 0.414 e. The Morgan fingerprint density at radius 2 is 1.72 bits per heavy atom. The van der Waals surface area contributed by atoms with E-state index in [1.54, 1.807) is 38.4 Å². The van der Waals surface area contributed by atoms with Gasteiger partial charge in [0.1, 0.15) is 17.6 Å². The summed E-state index contributed by atoms with van der Waals surface area (Å²) in [6, 6.07) is 9.91. The highest BCUT2D eigenvalue weighted by atomic mass is 32.2. The van der Waals surface area contributed by atoms with Crippen molar-refractivity contribution >= 4 is 39.4 Å². The first-order chi connectivity index (χ1) is 20.4. The average Bonchev–Trinajstić information content (AvgIpc) is 2.97. The largest absolute Gasteiger partial charge is 0.480 e. The average molecular weight is 615 g/mol. The Kier molecular flexibility index (Phi) is 11.4. The number of sulfone groups is 1. The molecule has 43 heavy (non-hydrogen) atoms. The molecule has 1 amide bonds. The number of aromatic nitrogens is 2. The predicted molar refractivity (Wildman–Crippen MR) is 162 cm³/mol. The van der Waals surface area contributed by atoms with Crippen molar-refractivity contribution in [2.45, 2.75) is 31.2 Å². The number of aliphatic carboxylic acids is 1. The van der Waals surface area contributed by atoms with E-state index in [1.165, 1.54) is 29.3 Å². The molecule has 0 saturated heterocycles. The second-order valence-corrected chi connectivity index (χ2v) is 11.3. The number of carbonyl (C=O) groups excluding carboxylic acids is 1. The van der Waals surface area contributed by atoms with Crippen LogP contribution in [0.1, 0.15) is 19.4 Å². The van der Waals surface area contributed by atoms with Crippen molar-refractivity contribution in [2.24, 2.45) is 0 Å². The summed E-state index contributed by atoms with van der Waals surface area (Å²) in [6.45, 7) is 5.18. The van der Waals surface area contributed by atoms with E-state index in [1.807, 2.05) is 18.7 Å². The smallest absolute Gasteiger partial charge is 0.414 e. The van der Waals surface area contributed by atoms with E-state index in [2.05, 4.69) is 20.6 Å². The van der Waals surface area contributed by atoms with Gasteiger partial charge in [0.15, 0.2) is 15.7 Å². The molecule has 0 aliphatic heterocycles. The topological polar surface area (TPSA) is 154 Å². The zero-order chi connectivity index (χ0) is 31.6. The van der Waals surface area contributed by atoms with E-state index in [-0.39, 0.29) is 23.7 Å². The first kappa shape index (κ1) is 32.8. The minimum atomic E-state index is -3.79. The summed E-state index contributed by atoms with van der Waals surface area (Å²) in [4.78, 5) is 36.1. The van der Waals surface area contributed by atoms with Crippen molar-refractivity contribution < 1.29 is 32.2 Å². The molecule has 1 atom stereocenters.